The maximum absolute atomic E-state index is 4.21. The maximum atomic E-state index is 4.21. The van der Waals surface area contributed by atoms with Gasteiger partial charge in [0.2, 0.25) is 0 Å². The number of nitrogens with one attached hydrogen (secondary N) is 1. The van der Waals surface area contributed by atoms with E-state index in [1.807, 2.05) is 11.7 Å². The van der Waals surface area contributed by atoms with Gasteiger partial charge in [-0.05, 0) is 44.1 Å². The first kappa shape index (κ1) is 14.0. The van der Waals surface area contributed by atoms with Gasteiger partial charge in [0, 0.05) is 17.1 Å². The molecule has 102 valence electrons. The number of hydrogen-bond donors (Lipinski definition) is 1. The molecule has 1 aliphatic carbocycles. The van der Waals surface area contributed by atoms with Crippen molar-refractivity contribution in [2.45, 2.75) is 58.4 Å². The lowest BCUT2D eigenvalue weighted by Gasteiger charge is -2.39. The molecule has 3 heteroatoms. The smallest absolute Gasteiger partial charge is 0.0794 e. The number of likely N-dealkylation sites (N-methyl/N-ethyl adjacent to an activating group) is 1. The molecule has 18 heavy (non-hydrogen) atoms. The van der Waals surface area contributed by atoms with E-state index in [1.165, 1.54) is 37.0 Å². The molecule has 1 saturated carbocycles. The predicted molar refractivity (Wildman–Crippen MR) is 79.0 cm³/mol. The van der Waals surface area contributed by atoms with E-state index < -0.39 is 0 Å². The molecule has 0 amide bonds. The molecule has 1 aromatic heterocycles. The number of hydrogen-bond acceptors (Lipinski definition) is 3. The van der Waals surface area contributed by atoms with Crippen LogP contribution in [-0.4, -0.2) is 18.1 Å². The number of thiazole rings is 1. The summed E-state index contributed by atoms with van der Waals surface area (Å²) in [6.45, 7) is 4.72. The molecule has 2 nitrogen and oxygen atoms in total. The maximum Gasteiger partial charge on any atom is 0.0794 e. The van der Waals surface area contributed by atoms with Gasteiger partial charge in [0.25, 0.3) is 0 Å². The van der Waals surface area contributed by atoms with Crippen LogP contribution in [0, 0.1) is 11.3 Å². The molecular weight excluding hydrogens is 240 g/mol. The van der Waals surface area contributed by atoms with Crippen molar-refractivity contribution in [3.8, 4) is 0 Å². The quantitative estimate of drug-likeness (QED) is 0.845. The van der Waals surface area contributed by atoms with Crippen molar-refractivity contribution in [3.05, 3.63) is 16.6 Å². The van der Waals surface area contributed by atoms with Gasteiger partial charge in [-0.3, -0.25) is 4.98 Å². The lowest BCUT2D eigenvalue weighted by atomic mass is 9.71. The summed E-state index contributed by atoms with van der Waals surface area (Å²) in [7, 11) is 2.13. The molecule has 0 bridgehead atoms. The minimum atomic E-state index is 0.521. The highest BCUT2D eigenvalue weighted by molar-refractivity contribution is 7.09. The van der Waals surface area contributed by atoms with E-state index >= 15 is 0 Å². The second kappa shape index (κ2) is 6.16. The van der Waals surface area contributed by atoms with Crippen LogP contribution < -0.4 is 5.32 Å². The van der Waals surface area contributed by atoms with Crippen LogP contribution in [0.15, 0.2) is 11.7 Å². The monoisotopic (exact) mass is 266 g/mol. The molecule has 0 spiro atoms. The molecule has 1 N–H and O–H groups in total. The summed E-state index contributed by atoms with van der Waals surface area (Å²) in [6, 6.07) is 0.614. The zero-order chi connectivity index (χ0) is 13.0. The Morgan fingerprint density at radius 1 is 1.39 bits per heavy atom. The standard InChI is InChI=1S/C15H26N2S/c1-12(2)9-15(6-4-5-7-15)14(16-3)8-13-10-17-11-18-13/h10-12,14,16H,4-9H2,1-3H3. The fourth-order valence-electron chi connectivity index (χ4n) is 3.76. The van der Waals surface area contributed by atoms with Gasteiger partial charge in [-0.25, -0.2) is 0 Å². The fraction of sp³-hybridized carbons (Fsp3) is 0.800. The zero-order valence-corrected chi connectivity index (χ0v) is 12.7. The van der Waals surface area contributed by atoms with E-state index in [1.54, 1.807) is 11.3 Å². The first-order valence-electron chi connectivity index (χ1n) is 7.21. The highest BCUT2D eigenvalue weighted by Gasteiger charge is 2.40. The summed E-state index contributed by atoms with van der Waals surface area (Å²) in [6.07, 6.45) is 10.2. The van der Waals surface area contributed by atoms with Gasteiger partial charge >= 0.3 is 0 Å². The summed E-state index contributed by atoms with van der Waals surface area (Å²) in [5, 5.41) is 3.61. The topological polar surface area (TPSA) is 24.9 Å². The van der Waals surface area contributed by atoms with Crippen LogP contribution in [0.3, 0.4) is 0 Å². The van der Waals surface area contributed by atoms with Gasteiger partial charge < -0.3 is 5.32 Å². The Labute approximate surface area is 115 Å². The molecule has 1 atom stereocenters. The Balaban J connectivity index is 2.11. The summed E-state index contributed by atoms with van der Waals surface area (Å²) in [4.78, 5) is 5.63. The van der Waals surface area contributed by atoms with Crippen LogP contribution >= 0.6 is 11.3 Å². The fourth-order valence-corrected chi connectivity index (χ4v) is 4.40. The molecule has 1 aromatic rings. The molecule has 0 aromatic carbocycles. The van der Waals surface area contributed by atoms with Crippen LogP contribution in [0.2, 0.25) is 0 Å². The Kier molecular flexibility index (Phi) is 4.79. The van der Waals surface area contributed by atoms with E-state index in [2.05, 4.69) is 31.2 Å². The Bertz CT molecular complexity index is 339. The van der Waals surface area contributed by atoms with Crippen LogP contribution in [-0.2, 0) is 6.42 Å². The molecule has 1 heterocycles. The first-order valence-corrected chi connectivity index (χ1v) is 8.09. The molecule has 0 radical (unpaired) electrons. The molecule has 1 fully saturated rings. The van der Waals surface area contributed by atoms with Gasteiger partial charge in [0.05, 0.1) is 5.51 Å². The largest absolute Gasteiger partial charge is 0.316 e. The first-order chi connectivity index (χ1) is 8.66. The lowest BCUT2D eigenvalue weighted by Crippen LogP contribution is -2.44. The van der Waals surface area contributed by atoms with E-state index in [4.69, 9.17) is 0 Å². The van der Waals surface area contributed by atoms with Gasteiger partial charge in [-0.15, -0.1) is 11.3 Å². The van der Waals surface area contributed by atoms with E-state index in [0.29, 0.717) is 11.5 Å². The third kappa shape index (κ3) is 3.12. The van der Waals surface area contributed by atoms with Crippen LogP contribution in [0.1, 0.15) is 50.8 Å². The van der Waals surface area contributed by atoms with Crippen LogP contribution in [0.5, 0.6) is 0 Å². The summed E-state index contributed by atoms with van der Waals surface area (Å²) >= 11 is 1.79. The van der Waals surface area contributed by atoms with Gasteiger partial charge in [-0.1, -0.05) is 26.7 Å². The van der Waals surface area contributed by atoms with Crippen molar-refractivity contribution in [2.75, 3.05) is 7.05 Å². The Morgan fingerprint density at radius 2 is 2.11 bits per heavy atom. The minimum absolute atomic E-state index is 0.521. The number of aromatic nitrogens is 1. The van der Waals surface area contributed by atoms with E-state index in [9.17, 15) is 0 Å². The summed E-state index contributed by atoms with van der Waals surface area (Å²) in [5.74, 6) is 0.792. The lowest BCUT2D eigenvalue weighted by molar-refractivity contribution is 0.160. The van der Waals surface area contributed by atoms with E-state index in [-0.39, 0.29) is 0 Å². The molecule has 0 saturated heterocycles. The SMILES string of the molecule is CNC(Cc1cncs1)C1(CC(C)C)CCCC1. The van der Waals surface area contributed by atoms with Crippen molar-refractivity contribution >= 4 is 11.3 Å². The third-order valence-electron chi connectivity index (χ3n) is 4.39. The molecule has 1 aliphatic rings. The van der Waals surface area contributed by atoms with Gasteiger partial charge in [0.15, 0.2) is 0 Å². The molecular formula is C15H26N2S. The number of nitrogens with zero attached hydrogens (tertiary/aromatic N) is 1. The van der Waals surface area contributed by atoms with Crippen molar-refractivity contribution in [1.29, 1.82) is 0 Å². The van der Waals surface area contributed by atoms with Gasteiger partial charge in [0.1, 0.15) is 0 Å². The van der Waals surface area contributed by atoms with Crippen molar-refractivity contribution < 1.29 is 0 Å². The Hall–Kier alpha value is -0.410. The van der Waals surface area contributed by atoms with Crippen LogP contribution in [0.25, 0.3) is 0 Å². The normalized spacial score (nSPS) is 20.4. The Morgan fingerprint density at radius 3 is 2.61 bits per heavy atom. The summed E-state index contributed by atoms with van der Waals surface area (Å²) in [5.41, 5.74) is 2.47. The highest BCUT2D eigenvalue weighted by Crippen LogP contribution is 2.46. The molecule has 1 unspecified atom stereocenters. The predicted octanol–water partition coefficient (Wildman–Crippen LogP) is 3.88. The van der Waals surface area contributed by atoms with Crippen molar-refractivity contribution in [3.63, 3.8) is 0 Å². The van der Waals surface area contributed by atoms with Crippen LogP contribution in [0.4, 0.5) is 0 Å². The average Bonchev–Trinajstić information content (AvgIpc) is 2.96. The average molecular weight is 266 g/mol. The minimum Gasteiger partial charge on any atom is -0.316 e. The van der Waals surface area contributed by atoms with Crippen molar-refractivity contribution in [2.24, 2.45) is 11.3 Å². The van der Waals surface area contributed by atoms with E-state index in [0.717, 1.165) is 12.3 Å². The number of rotatable bonds is 6. The zero-order valence-electron chi connectivity index (χ0n) is 11.9. The van der Waals surface area contributed by atoms with Gasteiger partial charge in [-0.2, -0.15) is 0 Å². The highest BCUT2D eigenvalue weighted by atomic mass is 32.1. The summed E-state index contributed by atoms with van der Waals surface area (Å²) < 4.78 is 0. The second-order valence-electron chi connectivity index (χ2n) is 6.18. The second-order valence-corrected chi connectivity index (χ2v) is 7.15. The van der Waals surface area contributed by atoms with Crippen molar-refractivity contribution in [1.82, 2.24) is 10.3 Å². The molecule has 2 rings (SSSR count). The third-order valence-corrected chi connectivity index (χ3v) is 5.19. The molecule has 0 aliphatic heterocycles.